The maximum atomic E-state index is 11.2. The van der Waals surface area contributed by atoms with Crippen molar-refractivity contribution in [1.29, 1.82) is 0 Å². The third-order valence-corrected chi connectivity index (χ3v) is 2.44. The van der Waals surface area contributed by atoms with E-state index in [4.69, 9.17) is 4.74 Å². The maximum absolute atomic E-state index is 11.2. The monoisotopic (exact) mass is 239 g/mol. The van der Waals surface area contributed by atoms with Gasteiger partial charge in [0.2, 0.25) is 0 Å². The molecule has 0 aliphatic heterocycles. The summed E-state index contributed by atoms with van der Waals surface area (Å²) >= 11 is -2.28. The number of carbonyl (C=O) groups excluding carboxylic acids is 1. The van der Waals surface area contributed by atoms with Gasteiger partial charge < -0.3 is 9.29 Å². The first-order valence-corrected chi connectivity index (χ1v) is 5.65. The van der Waals surface area contributed by atoms with Crippen molar-refractivity contribution >= 4 is 17.0 Å². The van der Waals surface area contributed by atoms with Crippen molar-refractivity contribution in [1.82, 2.24) is 0 Å². The number of hydrogen-bond acceptors (Lipinski definition) is 4. The van der Waals surface area contributed by atoms with Crippen LogP contribution in [0, 0.1) is 0 Å². The molecule has 0 aromatic heterocycles. The van der Waals surface area contributed by atoms with Gasteiger partial charge in [0.1, 0.15) is 6.61 Å². The summed E-state index contributed by atoms with van der Waals surface area (Å²) in [6, 6.07) is 6.16. The predicted octanol–water partition coefficient (Wildman–Crippen LogP) is 1.20. The fraction of sp³-hybridized carbons (Fsp3) is 0.182. The number of benzene rings is 1. The van der Waals surface area contributed by atoms with Crippen molar-refractivity contribution in [3.05, 3.63) is 42.5 Å². The van der Waals surface area contributed by atoms with Crippen LogP contribution in [0.2, 0.25) is 0 Å². The van der Waals surface area contributed by atoms with Gasteiger partial charge in [-0.25, -0.2) is 0 Å². The molecule has 0 fully saturated rings. The van der Waals surface area contributed by atoms with Gasteiger partial charge in [0.15, 0.2) is 0 Å². The minimum absolute atomic E-state index is 0.0544. The van der Waals surface area contributed by atoms with E-state index in [2.05, 4.69) is 6.58 Å². The van der Waals surface area contributed by atoms with Crippen LogP contribution in [0.25, 0.3) is 0 Å². The molecular weight excluding hydrogens is 228 g/mol. The number of carbonyl (C=O) groups is 1. The quantitative estimate of drug-likeness (QED) is 0.440. The lowest BCUT2D eigenvalue weighted by Crippen LogP contribution is -2.08. The fourth-order valence-corrected chi connectivity index (χ4v) is 1.57. The van der Waals surface area contributed by atoms with Gasteiger partial charge in [-0.2, -0.15) is 0 Å². The summed E-state index contributed by atoms with van der Waals surface area (Å²) in [7, 11) is 0. The minimum atomic E-state index is -2.28. The van der Waals surface area contributed by atoms with Crippen LogP contribution in [-0.4, -0.2) is 21.3 Å². The molecule has 4 nitrogen and oxygen atoms in total. The molecule has 0 radical (unpaired) electrons. The Kier molecular flexibility index (Phi) is 4.88. The van der Waals surface area contributed by atoms with E-state index in [9.17, 15) is 13.6 Å². The Morgan fingerprint density at radius 1 is 1.56 bits per heavy atom. The highest BCUT2D eigenvalue weighted by Crippen LogP contribution is 2.09. The Balaban J connectivity index is 2.66. The van der Waals surface area contributed by atoms with E-state index < -0.39 is 17.0 Å². The molecule has 5 heteroatoms. The zero-order chi connectivity index (χ0) is 12.0. The second kappa shape index (κ2) is 6.19. The number of rotatable bonds is 5. The maximum Gasteiger partial charge on any atom is 0.310 e. The molecule has 0 bridgehead atoms. The van der Waals surface area contributed by atoms with Crippen molar-refractivity contribution in [3.8, 4) is 0 Å². The van der Waals surface area contributed by atoms with Crippen LogP contribution in [0.4, 0.5) is 0 Å². The van der Waals surface area contributed by atoms with Gasteiger partial charge in [0.25, 0.3) is 0 Å². The molecule has 0 amide bonds. The van der Waals surface area contributed by atoms with Gasteiger partial charge in [-0.05, 0) is 28.8 Å². The second-order valence-corrected chi connectivity index (χ2v) is 3.97. The molecule has 1 aromatic rings. The molecule has 0 saturated carbocycles. The van der Waals surface area contributed by atoms with Crippen LogP contribution in [0.5, 0.6) is 0 Å². The van der Waals surface area contributed by atoms with E-state index in [1.165, 1.54) is 18.2 Å². The van der Waals surface area contributed by atoms with Crippen LogP contribution in [-0.2, 0) is 27.0 Å². The van der Waals surface area contributed by atoms with E-state index >= 15 is 0 Å². The highest BCUT2D eigenvalue weighted by atomic mass is 32.2. The number of ether oxygens (including phenoxy) is 1. The van der Waals surface area contributed by atoms with E-state index in [0.29, 0.717) is 5.56 Å². The van der Waals surface area contributed by atoms with E-state index in [1.807, 2.05) is 0 Å². The summed E-state index contributed by atoms with van der Waals surface area (Å²) < 4.78 is 26.1. The molecular formula is C11H11O4S-. The third-order valence-electron chi connectivity index (χ3n) is 1.80. The molecule has 1 rings (SSSR count). The highest BCUT2D eigenvalue weighted by molar-refractivity contribution is 7.79. The van der Waals surface area contributed by atoms with E-state index in [1.54, 1.807) is 12.1 Å². The Hall–Kier alpha value is -1.46. The molecule has 1 unspecified atom stereocenters. The topological polar surface area (TPSA) is 66.4 Å². The Bertz CT molecular complexity index is 414. The standard InChI is InChI=1S/C11H12O4S/c1-2-6-15-11(12)8-9-4-3-5-10(7-9)16(13)14/h2-5,7H,1,6,8H2,(H,13,14)/p-1. The molecule has 0 aliphatic rings. The minimum Gasteiger partial charge on any atom is -0.768 e. The van der Waals surface area contributed by atoms with Gasteiger partial charge in [0.05, 0.1) is 6.42 Å². The molecule has 0 saturated heterocycles. The third kappa shape index (κ3) is 3.96. The van der Waals surface area contributed by atoms with Crippen molar-refractivity contribution in [2.24, 2.45) is 0 Å². The Morgan fingerprint density at radius 2 is 2.31 bits per heavy atom. The van der Waals surface area contributed by atoms with Gasteiger partial charge in [-0.1, -0.05) is 24.8 Å². The van der Waals surface area contributed by atoms with Crippen molar-refractivity contribution in [2.75, 3.05) is 6.61 Å². The molecule has 16 heavy (non-hydrogen) atoms. The van der Waals surface area contributed by atoms with Crippen LogP contribution in [0.1, 0.15) is 5.56 Å². The van der Waals surface area contributed by atoms with Crippen molar-refractivity contribution < 1.29 is 18.3 Å². The molecule has 0 heterocycles. The first kappa shape index (κ1) is 12.6. The van der Waals surface area contributed by atoms with Crippen molar-refractivity contribution in [3.63, 3.8) is 0 Å². The van der Waals surface area contributed by atoms with Crippen LogP contribution in [0.3, 0.4) is 0 Å². The lowest BCUT2D eigenvalue weighted by Gasteiger charge is -2.07. The summed E-state index contributed by atoms with van der Waals surface area (Å²) in [5.74, 6) is -0.409. The molecule has 1 atom stereocenters. The number of hydrogen-bond donors (Lipinski definition) is 0. The van der Waals surface area contributed by atoms with Crippen molar-refractivity contribution in [2.45, 2.75) is 11.3 Å². The summed E-state index contributed by atoms with van der Waals surface area (Å²) in [6.45, 7) is 3.58. The number of esters is 1. The van der Waals surface area contributed by atoms with Gasteiger partial charge in [-0.15, -0.1) is 0 Å². The lowest BCUT2D eigenvalue weighted by atomic mass is 10.1. The van der Waals surface area contributed by atoms with Crippen LogP contribution < -0.4 is 0 Å². The molecule has 0 N–H and O–H groups in total. The molecule has 1 aromatic carbocycles. The first-order chi connectivity index (χ1) is 7.63. The largest absolute Gasteiger partial charge is 0.768 e. The Labute approximate surface area is 96.2 Å². The van der Waals surface area contributed by atoms with Gasteiger partial charge >= 0.3 is 5.97 Å². The predicted molar refractivity (Wildman–Crippen MR) is 58.5 cm³/mol. The van der Waals surface area contributed by atoms with Crippen LogP contribution in [0.15, 0.2) is 41.8 Å². The molecule has 0 aliphatic carbocycles. The first-order valence-electron chi connectivity index (χ1n) is 4.58. The van der Waals surface area contributed by atoms with E-state index in [0.717, 1.165) is 0 Å². The van der Waals surface area contributed by atoms with E-state index in [-0.39, 0.29) is 17.9 Å². The van der Waals surface area contributed by atoms with Crippen LogP contribution >= 0.6 is 0 Å². The van der Waals surface area contributed by atoms with Gasteiger partial charge in [0, 0.05) is 4.90 Å². The zero-order valence-corrected chi connectivity index (χ0v) is 9.37. The highest BCUT2D eigenvalue weighted by Gasteiger charge is 2.04. The van der Waals surface area contributed by atoms with Gasteiger partial charge in [-0.3, -0.25) is 9.00 Å². The second-order valence-electron chi connectivity index (χ2n) is 3.03. The zero-order valence-electron chi connectivity index (χ0n) is 8.55. The summed E-state index contributed by atoms with van der Waals surface area (Å²) in [5.41, 5.74) is 0.607. The molecule has 0 spiro atoms. The molecule has 86 valence electrons. The summed E-state index contributed by atoms with van der Waals surface area (Å²) in [6.07, 6.45) is 1.53. The normalized spacial score (nSPS) is 11.8. The Morgan fingerprint density at radius 3 is 2.94 bits per heavy atom. The summed E-state index contributed by atoms with van der Waals surface area (Å²) in [5, 5.41) is 0. The summed E-state index contributed by atoms with van der Waals surface area (Å²) in [4.78, 5) is 11.4. The fourth-order valence-electron chi connectivity index (χ4n) is 1.13. The smallest absolute Gasteiger partial charge is 0.310 e. The average molecular weight is 239 g/mol. The lowest BCUT2D eigenvalue weighted by molar-refractivity contribution is -0.141. The average Bonchev–Trinajstić information content (AvgIpc) is 2.26. The SMILES string of the molecule is C=CCOC(=O)Cc1cccc(S(=O)[O-])c1.